The van der Waals surface area contributed by atoms with Crippen LogP contribution >= 0.6 is 0 Å². The Kier molecular flexibility index (Phi) is 1.67. The Morgan fingerprint density at radius 3 is 2.92 bits per heavy atom. The molecule has 12 heavy (non-hydrogen) atoms. The predicted octanol–water partition coefficient (Wildman–Crippen LogP) is 2.13. The summed E-state index contributed by atoms with van der Waals surface area (Å²) in [6.45, 7) is 4.03. The summed E-state index contributed by atoms with van der Waals surface area (Å²) in [4.78, 5) is 11.5. The van der Waals surface area contributed by atoms with Gasteiger partial charge in [-0.25, -0.2) is 0 Å². The van der Waals surface area contributed by atoms with Crippen LogP contribution in [-0.2, 0) is 9.53 Å². The van der Waals surface area contributed by atoms with Crippen molar-refractivity contribution in [2.45, 2.75) is 45.1 Å². The van der Waals surface area contributed by atoms with Crippen LogP contribution in [0, 0.1) is 11.8 Å². The van der Waals surface area contributed by atoms with Crippen LogP contribution in [0.25, 0.3) is 0 Å². The molecule has 0 radical (unpaired) electrons. The van der Waals surface area contributed by atoms with Crippen LogP contribution in [0.3, 0.4) is 0 Å². The first-order valence-corrected chi connectivity index (χ1v) is 4.81. The molecule has 1 saturated carbocycles. The first-order chi connectivity index (χ1) is 5.58. The van der Waals surface area contributed by atoms with Gasteiger partial charge in [0.1, 0.15) is 5.60 Å². The molecule has 2 aliphatic rings. The van der Waals surface area contributed by atoms with Crippen molar-refractivity contribution in [1.29, 1.82) is 0 Å². The van der Waals surface area contributed by atoms with Gasteiger partial charge >= 0.3 is 5.97 Å². The number of rotatable bonds is 0. The van der Waals surface area contributed by atoms with Gasteiger partial charge in [-0.15, -0.1) is 0 Å². The van der Waals surface area contributed by atoms with Gasteiger partial charge in [0.25, 0.3) is 0 Å². The van der Waals surface area contributed by atoms with Gasteiger partial charge in [0.15, 0.2) is 0 Å². The molecule has 2 heteroatoms. The van der Waals surface area contributed by atoms with Gasteiger partial charge in [0.05, 0.1) is 5.92 Å². The molecule has 0 aromatic carbocycles. The number of carbonyl (C=O) groups is 1. The van der Waals surface area contributed by atoms with E-state index in [0.29, 0.717) is 5.92 Å². The molecule has 0 aromatic rings. The zero-order chi connectivity index (χ0) is 8.77. The minimum atomic E-state index is -0.206. The van der Waals surface area contributed by atoms with Gasteiger partial charge < -0.3 is 4.74 Å². The van der Waals surface area contributed by atoms with E-state index < -0.39 is 0 Å². The Morgan fingerprint density at radius 1 is 1.42 bits per heavy atom. The molecular formula is C10H16O2. The van der Waals surface area contributed by atoms with Crippen LogP contribution < -0.4 is 0 Å². The van der Waals surface area contributed by atoms with Gasteiger partial charge in [-0.05, 0) is 39.0 Å². The Morgan fingerprint density at radius 2 is 2.17 bits per heavy atom. The second-order valence-corrected chi connectivity index (χ2v) is 4.68. The first kappa shape index (κ1) is 8.09. The van der Waals surface area contributed by atoms with Crippen LogP contribution in [0.2, 0.25) is 0 Å². The SMILES string of the molecule is CC1(C)CC2CCCC2C(=O)O1. The molecular weight excluding hydrogens is 152 g/mol. The molecule has 0 N–H and O–H groups in total. The zero-order valence-corrected chi connectivity index (χ0v) is 7.80. The van der Waals surface area contributed by atoms with E-state index in [2.05, 4.69) is 0 Å². The first-order valence-electron chi connectivity index (χ1n) is 4.81. The lowest BCUT2D eigenvalue weighted by atomic mass is 9.83. The van der Waals surface area contributed by atoms with Gasteiger partial charge in [-0.2, -0.15) is 0 Å². The average molecular weight is 168 g/mol. The molecule has 2 fully saturated rings. The summed E-state index contributed by atoms with van der Waals surface area (Å²) >= 11 is 0. The quantitative estimate of drug-likeness (QED) is 0.518. The standard InChI is InChI=1S/C10H16O2/c1-10(2)6-7-4-3-5-8(7)9(11)12-10/h7-8H,3-6H2,1-2H3. The van der Waals surface area contributed by atoms with E-state index in [-0.39, 0.29) is 17.5 Å². The molecule has 0 amide bonds. The summed E-state index contributed by atoms with van der Waals surface area (Å²) in [5, 5.41) is 0. The van der Waals surface area contributed by atoms with E-state index in [0.717, 1.165) is 12.8 Å². The number of hydrogen-bond acceptors (Lipinski definition) is 2. The van der Waals surface area contributed by atoms with Crippen LogP contribution in [0.15, 0.2) is 0 Å². The third-order valence-electron chi connectivity index (χ3n) is 3.09. The summed E-state index contributed by atoms with van der Waals surface area (Å²) in [5.41, 5.74) is -0.206. The van der Waals surface area contributed by atoms with Crippen LogP contribution in [0.4, 0.5) is 0 Å². The van der Waals surface area contributed by atoms with Crippen molar-refractivity contribution in [1.82, 2.24) is 0 Å². The van der Waals surface area contributed by atoms with E-state index in [1.54, 1.807) is 0 Å². The average Bonchev–Trinajstić information content (AvgIpc) is 2.31. The number of ether oxygens (including phenoxy) is 1. The van der Waals surface area contributed by atoms with E-state index in [4.69, 9.17) is 4.74 Å². The molecule has 1 saturated heterocycles. The molecule has 0 bridgehead atoms. The Labute approximate surface area is 73.3 Å². The lowest BCUT2D eigenvalue weighted by Gasteiger charge is -2.36. The monoisotopic (exact) mass is 168 g/mol. The molecule has 2 nitrogen and oxygen atoms in total. The smallest absolute Gasteiger partial charge is 0.309 e. The Balaban J connectivity index is 2.15. The maximum atomic E-state index is 11.5. The third kappa shape index (κ3) is 1.23. The Bertz CT molecular complexity index is 208. The van der Waals surface area contributed by atoms with Crippen molar-refractivity contribution in [3.8, 4) is 0 Å². The maximum absolute atomic E-state index is 11.5. The van der Waals surface area contributed by atoms with E-state index >= 15 is 0 Å². The number of cyclic esters (lactones) is 1. The normalized spacial score (nSPS) is 39.0. The highest BCUT2D eigenvalue weighted by atomic mass is 16.6. The van der Waals surface area contributed by atoms with Crippen molar-refractivity contribution in [3.05, 3.63) is 0 Å². The van der Waals surface area contributed by atoms with Crippen LogP contribution in [0.5, 0.6) is 0 Å². The Hall–Kier alpha value is -0.530. The largest absolute Gasteiger partial charge is 0.459 e. The van der Waals surface area contributed by atoms with E-state index in [9.17, 15) is 4.79 Å². The number of hydrogen-bond donors (Lipinski definition) is 0. The highest BCUT2D eigenvalue weighted by Crippen LogP contribution is 2.43. The second kappa shape index (κ2) is 2.48. The molecule has 0 spiro atoms. The van der Waals surface area contributed by atoms with Gasteiger partial charge in [-0.1, -0.05) is 6.42 Å². The fraction of sp³-hybridized carbons (Fsp3) is 0.900. The van der Waals surface area contributed by atoms with E-state index in [1.165, 1.54) is 12.8 Å². The van der Waals surface area contributed by atoms with Crippen molar-refractivity contribution in [2.24, 2.45) is 11.8 Å². The fourth-order valence-electron chi connectivity index (χ4n) is 2.61. The molecule has 2 atom stereocenters. The molecule has 68 valence electrons. The second-order valence-electron chi connectivity index (χ2n) is 4.68. The summed E-state index contributed by atoms with van der Waals surface area (Å²) in [5.74, 6) is 0.896. The van der Waals surface area contributed by atoms with Crippen LogP contribution in [-0.4, -0.2) is 11.6 Å². The van der Waals surface area contributed by atoms with Crippen LogP contribution in [0.1, 0.15) is 39.5 Å². The maximum Gasteiger partial charge on any atom is 0.309 e. The lowest BCUT2D eigenvalue weighted by Crippen LogP contribution is -2.41. The fourth-order valence-corrected chi connectivity index (χ4v) is 2.61. The molecule has 1 heterocycles. The number of fused-ring (bicyclic) bond motifs is 1. The van der Waals surface area contributed by atoms with E-state index in [1.807, 2.05) is 13.8 Å². The minimum absolute atomic E-state index is 0.0498. The molecule has 0 aromatic heterocycles. The minimum Gasteiger partial charge on any atom is -0.459 e. The lowest BCUT2D eigenvalue weighted by molar-refractivity contribution is -0.173. The highest BCUT2D eigenvalue weighted by Gasteiger charge is 2.44. The molecule has 1 aliphatic carbocycles. The molecule has 2 unspecified atom stereocenters. The van der Waals surface area contributed by atoms with Crippen molar-refractivity contribution in [3.63, 3.8) is 0 Å². The highest BCUT2D eigenvalue weighted by molar-refractivity contribution is 5.74. The van der Waals surface area contributed by atoms with Crippen molar-refractivity contribution < 1.29 is 9.53 Å². The zero-order valence-electron chi connectivity index (χ0n) is 7.80. The van der Waals surface area contributed by atoms with Crippen molar-refractivity contribution in [2.75, 3.05) is 0 Å². The number of carbonyl (C=O) groups excluding carboxylic acids is 1. The topological polar surface area (TPSA) is 26.3 Å². The van der Waals surface area contributed by atoms with Gasteiger partial charge in [-0.3, -0.25) is 4.79 Å². The summed E-state index contributed by atoms with van der Waals surface area (Å²) in [7, 11) is 0. The predicted molar refractivity (Wildman–Crippen MR) is 45.6 cm³/mol. The number of esters is 1. The molecule has 1 aliphatic heterocycles. The summed E-state index contributed by atoms with van der Waals surface area (Å²) < 4.78 is 5.35. The summed E-state index contributed by atoms with van der Waals surface area (Å²) in [6.07, 6.45) is 4.55. The van der Waals surface area contributed by atoms with Crippen molar-refractivity contribution >= 4 is 5.97 Å². The third-order valence-corrected chi connectivity index (χ3v) is 3.09. The molecule has 2 rings (SSSR count). The van der Waals surface area contributed by atoms with Gasteiger partial charge in [0.2, 0.25) is 0 Å². The van der Waals surface area contributed by atoms with Gasteiger partial charge in [0, 0.05) is 0 Å². The summed E-state index contributed by atoms with van der Waals surface area (Å²) in [6, 6.07) is 0.